The summed E-state index contributed by atoms with van der Waals surface area (Å²) in [6.45, 7) is 6.23. The fourth-order valence-corrected chi connectivity index (χ4v) is 2.28. The summed E-state index contributed by atoms with van der Waals surface area (Å²) < 4.78 is 0. The van der Waals surface area contributed by atoms with Gasteiger partial charge >= 0.3 is 0 Å². The SMILES string of the molecule is CC(C(=O)NCCc1csc(C)n1)=C1CNC1. The molecule has 1 aromatic rings. The minimum atomic E-state index is 0.0495. The summed E-state index contributed by atoms with van der Waals surface area (Å²) in [5, 5.41) is 9.18. The molecule has 4 nitrogen and oxygen atoms in total. The molecule has 17 heavy (non-hydrogen) atoms. The zero-order valence-electron chi connectivity index (χ0n) is 10.2. The van der Waals surface area contributed by atoms with Crippen LogP contribution >= 0.6 is 11.3 Å². The molecule has 1 aliphatic rings. The number of hydrogen-bond acceptors (Lipinski definition) is 4. The predicted octanol–water partition coefficient (Wildman–Crippen LogP) is 1.03. The molecule has 1 fully saturated rings. The van der Waals surface area contributed by atoms with E-state index in [1.54, 1.807) is 11.3 Å². The smallest absolute Gasteiger partial charge is 0.246 e. The van der Waals surface area contributed by atoms with Crippen molar-refractivity contribution in [2.24, 2.45) is 0 Å². The first kappa shape index (κ1) is 12.3. The highest BCUT2D eigenvalue weighted by Gasteiger charge is 2.15. The number of nitrogens with one attached hydrogen (secondary N) is 2. The molecule has 92 valence electrons. The molecule has 0 atom stereocenters. The van der Waals surface area contributed by atoms with E-state index in [9.17, 15) is 4.79 Å². The fraction of sp³-hybridized carbons (Fsp3) is 0.500. The maximum absolute atomic E-state index is 11.8. The number of aromatic nitrogens is 1. The molecule has 0 unspecified atom stereocenters. The van der Waals surface area contributed by atoms with Crippen molar-refractivity contribution in [2.45, 2.75) is 20.3 Å². The normalized spacial score (nSPS) is 14.4. The zero-order chi connectivity index (χ0) is 12.3. The summed E-state index contributed by atoms with van der Waals surface area (Å²) in [6.07, 6.45) is 0.803. The Balaban J connectivity index is 1.77. The van der Waals surface area contributed by atoms with Crippen molar-refractivity contribution in [2.75, 3.05) is 19.6 Å². The number of amides is 1. The Kier molecular flexibility index (Phi) is 3.91. The van der Waals surface area contributed by atoms with Gasteiger partial charge in [0.15, 0.2) is 0 Å². The average Bonchev–Trinajstić information content (AvgIpc) is 2.61. The van der Waals surface area contributed by atoms with Crippen LogP contribution in [0.15, 0.2) is 16.5 Å². The quantitative estimate of drug-likeness (QED) is 0.786. The van der Waals surface area contributed by atoms with E-state index in [-0.39, 0.29) is 5.91 Å². The van der Waals surface area contributed by atoms with Gasteiger partial charge in [-0.3, -0.25) is 4.79 Å². The minimum Gasteiger partial charge on any atom is -0.352 e. The zero-order valence-corrected chi connectivity index (χ0v) is 11.0. The molecule has 2 N–H and O–H groups in total. The molecule has 0 bridgehead atoms. The molecule has 2 rings (SSSR count). The molecular formula is C12H17N3OS. The van der Waals surface area contributed by atoms with Crippen molar-refractivity contribution in [3.05, 3.63) is 27.2 Å². The lowest BCUT2D eigenvalue weighted by atomic mass is 10.0. The van der Waals surface area contributed by atoms with Crippen LogP contribution in [0.2, 0.25) is 0 Å². The third-order valence-corrected chi connectivity index (χ3v) is 3.70. The topological polar surface area (TPSA) is 54.0 Å². The maximum Gasteiger partial charge on any atom is 0.246 e. The van der Waals surface area contributed by atoms with Gasteiger partial charge in [0.2, 0.25) is 5.91 Å². The standard InChI is InChI=1S/C12H17N3OS/c1-8(10-5-13-6-10)12(16)14-4-3-11-7-17-9(2)15-11/h7,13H,3-6H2,1-2H3,(H,14,16). The van der Waals surface area contributed by atoms with Crippen LogP contribution < -0.4 is 10.6 Å². The largest absolute Gasteiger partial charge is 0.352 e. The number of rotatable bonds is 4. The third kappa shape index (κ3) is 3.14. The van der Waals surface area contributed by atoms with Crippen LogP contribution in [-0.2, 0) is 11.2 Å². The van der Waals surface area contributed by atoms with Crippen molar-refractivity contribution < 1.29 is 4.79 Å². The Morgan fingerprint density at radius 1 is 1.59 bits per heavy atom. The van der Waals surface area contributed by atoms with Gasteiger partial charge in [0.25, 0.3) is 0 Å². The molecule has 5 heteroatoms. The van der Waals surface area contributed by atoms with Gasteiger partial charge in [-0.05, 0) is 19.4 Å². The highest BCUT2D eigenvalue weighted by molar-refractivity contribution is 7.09. The molecule has 2 heterocycles. The molecule has 0 radical (unpaired) electrons. The maximum atomic E-state index is 11.8. The van der Waals surface area contributed by atoms with Crippen LogP contribution in [0.25, 0.3) is 0 Å². The summed E-state index contributed by atoms with van der Waals surface area (Å²) in [5.74, 6) is 0.0495. The summed E-state index contributed by atoms with van der Waals surface area (Å²) in [6, 6.07) is 0. The first-order valence-electron chi connectivity index (χ1n) is 5.75. The van der Waals surface area contributed by atoms with Crippen LogP contribution in [0.5, 0.6) is 0 Å². The van der Waals surface area contributed by atoms with E-state index in [1.165, 1.54) is 5.57 Å². The lowest BCUT2D eigenvalue weighted by Crippen LogP contribution is -2.38. The summed E-state index contributed by atoms with van der Waals surface area (Å²) in [4.78, 5) is 16.1. The number of carbonyl (C=O) groups is 1. The van der Waals surface area contributed by atoms with E-state index in [4.69, 9.17) is 0 Å². The lowest BCUT2D eigenvalue weighted by molar-refractivity contribution is -0.117. The number of hydrogen-bond donors (Lipinski definition) is 2. The second-order valence-corrected chi connectivity index (χ2v) is 5.26. The monoisotopic (exact) mass is 251 g/mol. The van der Waals surface area contributed by atoms with Gasteiger partial charge in [-0.1, -0.05) is 0 Å². The second-order valence-electron chi connectivity index (χ2n) is 4.20. The number of carbonyl (C=O) groups excluding carboxylic acids is 1. The second kappa shape index (κ2) is 5.42. The van der Waals surface area contributed by atoms with Crippen molar-refractivity contribution >= 4 is 17.2 Å². The average molecular weight is 251 g/mol. The van der Waals surface area contributed by atoms with E-state index in [2.05, 4.69) is 15.6 Å². The highest BCUT2D eigenvalue weighted by atomic mass is 32.1. The predicted molar refractivity (Wildman–Crippen MR) is 69.1 cm³/mol. The number of thiazole rings is 1. The van der Waals surface area contributed by atoms with Gasteiger partial charge in [-0.15, -0.1) is 11.3 Å². The van der Waals surface area contributed by atoms with Crippen LogP contribution in [-0.4, -0.2) is 30.5 Å². The van der Waals surface area contributed by atoms with E-state index in [0.717, 1.165) is 35.8 Å². The Hall–Kier alpha value is -1.20. The molecule has 1 amide bonds. The van der Waals surface area contributed by atoms with Gasteiger partial charge in [0.1, 0.15) is 0 Å². The first-order chi connectivity index (χ1) is 8.16. The summed E-state index contributed by atoms with van der Waals surface area (Å²) in [7, 11) is 0. The van der Waals surface area contributed by atoms with Gasteiger partial charge < -0.3 is 10.6 Å². The summed E-state index contributed by atoms with van der Waals surface area (Å²) in [5.41, 5.74) is 3.13. The van der Waals surface area contributed by atoms with E-state index < -0.39 is 0 Å². The van der Waals surface area contributed by atoms with Gasteiger partial charge in [-0.2, -0.15) is 0 Å². The third-order valence-electron chi connectivity index (χ3n) is 2.88. The lowest BCUT2D eigenvalue weighted by Gasteiger charge is -2.21. The Bertz CT molecular complexity index is 444. The van der Waals surface area contributed by atoms with Gasteiger partial charge in [-0.25, -0.2) is 4.98 Å². The van der Waals surface area contributed by atoms with Crippen LogP contribution in [0.3, 0.4) is 0 Å². The molecule has 1 saturated heterocycles. The molecule has 0 spiro atoms. The fourth-order valence-electron chi connectivity index (χ4n) is 1.64. The van der Waals surface area contributed by atoms with Gasteiger partial charge in [0.05, 0.1) is 10.7 Å². The number of aryl methyl sites for hydroxylation is 1. The Morgan fingerprint density at radius 3 is 2.88 bits per heavy atom. The highest BCUT2D eigenvalue weighted by Crippen LogP contribution is 2.09. The molecule has 0 aliphatic carbocycles. The molecule has 1 aliphatic heterocycles. The van der Waals surface area contributed by atoms with E-state index in [1.807, 2.05) is 19.2 Å². The number of nitrogens with zero attached hydrogens (tertiary/aromatic N) is 1. The summed E-state index contributed by atoms with van der Waals surface area (Å²) >= 11 is 1.65. The Morgan fingerprint density at radius 2 is 2.35 bits per heavy atom. The first-order valence-corrected chi connectivity index (χ1v) is 6.63. The van der Waals surface area contributed by atoms with Crippen LogP contribution in [0.4, 0.5) is 0 Å². The van der Waals surface area contributed by atoms with Crippen LogP contribution in [0.1, 0.15) is 17.6 Å². The Labute approximate surface area is 105 Å². The molecule has 1 aromatic heterocycles. The van der Waals surface area contributed by atoms with Crippen molar-refractivity contribution in [3.8, 4) is 0 Å². The van der Waals surface area contributed by atoms with Crippen LogP contribution in [0, 0.1) is 6.92 Å². The van der Waals surface area contributed by atoms with Crippen molar-refractivity contribution in [3.63, 3.8) is 0 Å². The van der Waals surface area contributed by atoms with E-state index in [0.29, 0.717) is 6.54 Å². The van der Waals surface area contributed by atoms with E-state index >= 15 is 0 Å². The molecule has 0 saturated carbocycles. The van der Waals surface area contributed by atoms with Gasteiger partial charge in [0, 0.05) is 37.0 Å². The van der Waals surface area contributed by atoms with Crippen molar-refractivity contribution in [1.82, 2.24) is 15.6 Å². The van der Waals surface area contributed by atoms with Crippen molar-refractivity contribution in [1.29, 1.82) is 0 Å². The minimum absolute atomic E-state index is 0.0495. The molecular weight excluding hydrogens is 234 g/mol. The molecule has 0 aromatic carbocycles.